The minimum absolute atomic E-state index is 0.0607. The van der Waals surface area contributed by atoms with E-state index in [-0.39, 0.29) is 5.91 Å². The van der Waals surface area contributed by atoms with Gasteiger partial charge in [-0.2, -0.15) is 4.98 Å². The van der Waals surface area contributed by atoms with Crippen molar-refractivity contribution < 1.29 is 14.3 Å². The van der Waals surface area contributed by atoms with Crippen LogP contribution in [0.5, 0.6) is 11.8 Å². The zero-order valence-electron chi connectivity index (χ0n) is 16.8. The first-order valence-electron chi connectivity index (χ1n) is 9.68. The van der Waals surface area contributed by atoms with Gasteiger partial charge in [-0.1, -0.05) is 28.1 Å². The van der Waals surface area contributed by atoms with Gasteiger partial charge in [0, 0.05) is 40.5 Å². The normalized spacial score (nSPS) is 14.6. The van der Waals surface area contributed by atoms with E-state index in [4.69, 9.17) is 14.5 Å². The van der Waals surface area contributed by atoms with Gasteiger partial charge in [0.15, 0.2) is 0 Å². The average molecular weight is 488 g/mol. The van der Waals surface area contributed by atoms with E-state index in [0.717, 1.165) is 33.6 Å². The van der Waals surface area contributed by atoms with Gasteiger partial charge < -0.3 is 14.4 Å². The molecule has 156 valence electrons. The number of nitrogens with zero attached hydrogens (tertiary/aromatic N) is 3. The number of pyridine rings is 1. The highest BCUT2D eigenvalue weighted by Gasteiger charge is 2.28. The van der Waals surface area contributed by atoms with Gasteiger partial charge in [-0.15, -0.1) is 11.3 Å². The summed E-state index contributed by atoms with van der Waals surface area (Å²) in [6.45, 7) is 1.37. The lowest BCUT2D eigenvalue weighted by Gasteiger charge is -2.31. The molecule has 0 N–H and O–H groups in total. The van der Waals surface area contributed by atoms with Crippen molar-refractivity contribution in [3.05, 3.63) is 56.8 Å². The first-order chi connectivity index (χ1) is 14.6. The topological polar surface area (TPSA) is 64.5 Å². The van der Waals surface area contributed by atoms with E-state index in [2.05, 4.69) is 38.4 Å². The molecule has 1 aromatic carbocycles. The molecule has 0 bridgehead atoms. The van der Waals surface area contributed by atoms with Crippen molar-refractivity contribution in [3.63, 3.8) is 0 Å². The SMILES string of the molecule is COc1ccc(C(=O)N2CCC(c3nc(-c4cccc(Br)c4)cs3)CC2)c(OC)n1. The summed E-state index contributed by atoms with van der Waals surface area (Å²) in [7, 11) is 3.05. The predicted molar refractivity (Wildman–Crippen MR) is 120 cm³/mol. The number of thiazole rings is 1. The van der Waals surface area contributed by atoms with E-state index in [1.165, 1.54) is 14.2 Å². The summed E-state index contributed by atoms with van der Waals surface area (Å²) in [5.74, 6) is 1.03. The molecule has 4 rings (SSSR count). The van der Waals surface area contributed by atoms with Crippen LogP contribution < -0.4 is 9.47 Å². The molecule has 1 amide bonds. The molecule has 3 heterocycles. The Morgan fingerprint density at radius 1 is 1.13 bits per heavy atom. The van der Waals surface area contributed by atoms with Crippen molar-refractivity contribution >= 4 is 33.2 Å². The van der Waals surface area contributed by atoms with E-state index in [1.54, 1.807) is 23.5 Å². The minimum atomic E-state index is -0.0607. The van der Waals surface area contributed by atoms with Gasteiger partial charge in [-0.05, 0) is 31.0 Å². The smallest absolute Gasteiger partial charge is 0.259 e. The number of benzene rings is 1. The molecule has 0 spiro atoms. The highest BCUT2D eigenvalue weighted by Crippen LogP contribution is 2.34. The van der Waals surface area contributed by atoms with Gasteiger partial charge in [-0.25, -0.2) is 4.98 Å². The molecule has 6 nitrogen and oxygen atoms in total. The van der Waals surface area contributed by atoms with Crippen molar-refractivity contribution in [3.8, 4) is 23.0 Å². The van der Waals surface area contributed by atoms with E-state index in [1.807, 2.05) is 17.0 Å². The Labute approximate surface area is 188 Å². The molecule has 1 aliphatic heterocycles. The second kappa shape index (κ2) is 9.14. The molecule has 0 radical (unpaired) electrons. The third-order valence-electron chi connectivity index (χ3n) is 5.24. The summed E-state index contributed by atoms with van der Waals surface area (Å²) < 4.78 is 11.5. The third-order valence-corrected chi connectivity index (χ3v) is 6.74. The summed E-state index contributed by atoms with van der Waals surface area (Å²) in [6, 6.07) is 11.6. The average Bonchev–Trinajstić information content (AvgIpc) is 3.28. The standard InChI is InChI=1S/C22H22BrN3O3S/c1-28-19-7-6-17(20(25-19)29-2)22(27)26-10-8-14(9-11-26)21-24-18(13-30-21)15-4-3-5-16(23)12-15/h3-7,12-14H,8-11H2,1-2H3. The van der Waals surface area contributed by atoms with Crippen molar-refractivity contribution in [1.82, 2.24) is 14.9 Å². The largest absolute Gasteiger partial charge is 0.481 e. The number of carbonyl (C=O) groups excluding carboxylic acids is 1. The van der Waals surface area contributed by atoms with E-state index in [0.29, 0.717) is 36.3 Å². The van der Waals surface area contributed by atoms with Gasteiger partial charge in [0.25, 0.3) is 5.91 Å². The van der Waals surface area contributed by atoms with Crippen molar-refractivity contribution in [2.24, 2.45) is 0 Å². The summed E-state index contributed by atoms with van der Waals surface area (Å²) in [6.07, 6.45) is 1.78. The highest BCUT2D eigenvalue weighted by molar-refractivity contribution is 9.10. The highest BCUT2D eigenvalue weighted by atomic mass is 79.9. The first kappa shape index (κ1) is 20.8. The Morgan fingerprint density at radius 3 is 2.63 bits per heavy atom. The number of carbonyl (C=O) groups is 1. The number of halogens is 1. The molecule has 30 heavy (non-hydrogen) atoms. The number of piperidine rings is 1. The maximum atomic E-state index is 13.0. The Morgan fingerprint density at radius 2 is 1.93 bits per heavy atom. The molecule has 2 aromatic heterocycles. The van der Waals surface area contributed by atoms with Gasteiger partial charge >= 0.3 is 0 Å². The lowest BCUT2D eigenvalue weighted by Crippen LogP contribution is -2.38. The second-order valence-electron chi connectivity index (χ2n) is 7.06. The summed E-state index contributed by atoms with van der Waals surface area (Å²) in [5, 5.41) is 3.25. The van der Waals surface area contributed by atoms with Crippen LogP contribution in [0.2, 0.25) is 0 Å². The molecule has 8 heteroatoms. The molecular weight excluding hydrogens is 466 g/mol. The molecular formula is C22H22BrN3O3S. The zero-order valence-corrected chi connectivity index (χ0v) is 19.2. The lowest BCUT2D eigenvalue weighted by molar-refractivity contribution is 0.0708. The van der Waals surface area contributed by atoms with Crippen molar-refractivity contribution in [2.75, 3.05) is 27.3 Å². The predicted octanol–water partition coefficient (Wildman–Crippen LogP) is 5.00. The van der Waals surface area contributed by atoms with Crippen LogP contribution in [0.4, 0.5) is 0 Å². The van der Waals surface area contributed by atoms with Crippen LogP contribution in [-0.2, 0) is 0 Å². The Bertz CT molecular complexity index is 1050. The van der Waals surface area contributed by atoms with Gasteiger partial charge in [0.05, 0.1) is 24.9 Å². The Balaban J connectivity index is 1.43. The minimum Gasteiger partial charge on any atom is -0.481 e. The number of rotatable bonds is 5. The van der Waals surface area contributed by atoms with Gasteiger partial charge in [0.2, 0.25) is 11.8 Å². The zero-order chi connectivity index (χ0) is 21.1. The van der Waals surface area contributed by atoms with Gasteiger partial charge in [-0.3, -0.25) is 4.79 Å². The molecule has 0 unspecified atom stereocenters. The molecule has 1 saturated heterocycles. The molecule has 1 fully saturated rings. The summed E-state index contributed by atoms with van der Waals surface area (Å²) in [5.41, 5.74) is 2.57. The van der Waals surface area contributed by atoms with Crippen LogP contribution in [-0.4, -0.2) is 48.1 Å². The Hall–Kier alpha value is -2.45. The molecule has 1 aliphatic rings. The van der Waals surface area contributed by atoms with Crippen LogP contribution >= 0.6 is 27.3 Å². The van der Waals surface area contributed by atoms with E-state index < -0.39 is 0 Å². The second-order valence-corrected chi connectivity index (χ2v) is 8.86. The van der Waals surface area contributed by atoms with Crippen LogP contribution in [0.1, 0.15) is 34.1 Å². The molecule has 0 saturated carbocycles. The van der Waals surface area contributed by atoms with Crippen molar-refractivity contribution in [2.45, 2.75) is 18.8 Å². The van der Waals surface area contributed by atoms with Crippen LogP contribution in [0.15, 0.2) is 46.3 Å². The fourth-order valence-electron chi connectivity index (χ4n) is 3.61. The Kier molecular flexibility index (Phi) is 6.34. The monoisotopic (exact) mass is 487 g/mol. The van der Waals surface area contributed by atoms with Crippen LogP contribution in [0.25, 0.3) is 11.3 Å². The number of methoxy groups -OCH3 is 2. The fourth-order valence-corrected chi connectivity index (χ4v) is 5.01. The maximum absolute atomic E-state index is 13.0. The number of likely N-dealkylation sites (tertiary alicyclic amines) is 1. The number of hydrogen-bond donors (Lipinski definition) is 0. The number of ether oxygens (including phenoxy) is 2. The van der Waals surface area contributed by atoms with E-state index >= 15 is 0 Å². The molecule has 0 atom stereocenters. The number of aromatic nitrogens is 2. The lowest BCUT2D eigenvalue weighted by atomic mass is 9.97. The first-order valence-corrected chi connectivity index (χ1v) is 11.4. The number of hydrogen-bond acceptors (Lipinski definition) is 6. The summed E-state index contributed by atoms with van der Waals surface area (Å²) >= 11 is 5.22. The summed E-state index contributed by atoms with van der Waals surface area (Å²) in [4.78, 5) is 23.9. The maximum Gasteiger partial charge on any atom is 0.259 e. The quantitative estimate of drug-likeness (QED) is 0.506. The molecule has 0 aliphatic carbocycles. The number of amides is 1. The van der Waals surface area contributed by atoms with E-state index in [9.17, 15) is 4.79 Å². The van der Waals surface area contributed by atoms with Crippen LogP contribution in [0.3, 0.4) is 0 Å². The van der Waals surface area contributed by atoms with Gasteiger partial charge in [0.1, 0.15) is 5.56 Å². The third kappa shape index (κ3) is 4.34. The van der Waals surface area contributed by atoms with Crippen molar-refractivity contribution in [1.29, 1.82) is 0 Å². The van der Waals surface area contributed by atoms with Crippen LogP contribution in [0, 0.1) is 0 Å². The molecule has 3 aromatic rings. The fraction of sp³-hybridized carbons (Fsp3) is 0.318.